The van der Waals surface area contributed by atoms with Gasteiger partial charge in [0.1, 0.15) is 0 Å². The first-order chi connectivity index (χ1) is 8.06. The Bertz CT molecular complexity index is 537. The number of halogens is 2. The topological polar surface area (TPSA) is 20.3 Å². The summed E-state index contributed by atoms with van der Waals surface area (Å²) in [6, 6.07) is 3.97. The van der Waals surface area contributed by atoms with Crippen LogP contribution in [0.15, 0.2) is 27.4 Å². The molecule has 0 aromatic carbocycles. The number of carbonyl (C=O) groups excluding carboxylic acids is 1. The first-order valence-corrected chi connectivity index (χ1v) is 8.42. The average molecular weight is 442 g/mol. The second kappa shape index (κ2) is 5.81. The molecule has 2 heterocycles. The number of carbonyl (C=O) groups is 1. The maximum Gasteiger partial charge on any atom is 0.254 e. The summed E-state index contributed by atoms with van der Waals surface area (Å²) in [7, 11) is 1.83. The van der Waals surface area contributed by atoms with Crippen molar-refractivity contribution in [1.82, 2.24) is 4.90 Å². The zero-order valence-corrected chi connectivity index (χ0v) is 14.3. The van der Waals surface area contributed by atoms with Gasteiger partial charge in [-0.2, -0.15) is 0 Å². The van der Waals surface area contributed by atoms with Crippen molar-refractivity contribution >= 4 is 67.1 Å². The van der Waals surface area contributed by atoms with E-state index in [1.165, 1.54) is 4.88 Å². The number of hydrogen-bond acceptors (Lipinski definition) is 3. The van der Waals surface area contributed by atoms with Crippen LogP contribution in [0.1, 0.15) is 15.2 Å². The minimum absolute atomic E-state index is 0.0775. The number of thiophene rings is 2. The molecule has 6 heteroatoms. The van der Waals surface area contributed by atoms with Gasteiger partial charge in [-0.3, -0.25) is 4.79 Å². The number of nitrogens with zero attached hydrogens (tertiary/aromatic N) is 1. The quantitative estimate of drug-likeness (QED) is 0.644. The molecule has 0 radical (unpaired) electrons. The zero-order valence-electron chi connectivity index (χ0n) is 8.94. The van der Waals surface area contributed by atoms with Crippen molar-refractivity contribution in [3.05, 3.63) is 40.7 Å². The molecule has 2 aromatic rings. The molecular weight excluding hydrogens is 433 g/mol. The molecule has 0 aliphatic heterocycles. The molecule has 90 valence electrons. The SMILES string of the molecule is CN(Cc1cc(Br)cs1)C(=O)c1csc(I)c1. The third-order valence-electron chi connectivity index (χ3n) is 2.18. The highest BCUT2D eigenvalue weighted by Crippen LogP contribution is 2.22. The van der Waals surface area contributed by atoms with Crippen molar-refractivity contribution < 1.29 is 4.79 Å². The Hall–Kier alpha value is 0.0800. The molecule has 0 atom stereocenters. The maximum atomic E-state index is 12.1. The van der Waals surface area contributed by atoms with Crippen LogP contribution in [0.3, 0.4) is 0 Å². The van der Waals surface area contributed by atoms with Gasteiger partial charge in [0.05, 0.1) is 15.0 Å². The third kappa shape index (κ3) is 3.52. The van der Waals surface area contributed by atoms with Gasteiger partial charge in [0.25, 0.3) is 5.91 Å². The molecule has 2 aromatic heterocycles. The Kier molecular flexibility index (Phi) is 4.62. The smallest absolute Gasteiger partial charge is 0.254 e. The summed E-state index contributed by atoms with van der Waals surface area (Å²) in [4.78, 5) is 15.0. The predicted octanol–water partition coefficient (Wildman–Crippen LogP) is 4.45. The van der Waals surface area contributed by atoms with Crippen LogP contribution in [0, 0.1) is 2.88 Å². The Labute approximate surface area is 130 Å². The molecule has 2 nitrogen and oxygen atoms in total. The van der Waals surface area contributed by atoms with Crippen LogP contribution < -0.4 is 0 Å². The minimum Gasteiger partial charge on any atom is -0.337 e. The summed E-state index contributed by atoms with van der Waals surface area (Å²) >= 11 is 8.89. The first kappa shape index (κ1) is 13.5. The van der Waals surface area contributed by atoms with E-state index in [4.69, 9.17) is 0 Å². The van der Waals surface area contributed by atoms with E-state index >= 15 is 0 Å². The highest BCUT2D eigenvalue weighted by atomic mass is 127. The van der Waals surface area contributed by atoms with Gasteiger partial charge in [-0.05, 0) is 50.7 Å². The zero-order chi connectivity index (χ0) is 12.4. The fourth-order valence-electron chi connectivity index (χ4n) is 1.38. The molecule has 0 aliphatic rings. The van der Waals surface area contributed by atoms with Crippen LogP contribution in [0.25, 0.3) is 0 Å². The minimum atomic E-state index is 0.0775. The monoisotopic (exact) mass is 441 g/mol. The Balaban J connectivity index is 2.05. The van der Waals surface area contributed by atoms with Crippen LogP contribution in [0.2, 0.25) is 0 Å². The van der Waals surface area contributed by atoms with Gasteiger partial charge in [-0.15, -0.1) is 22.7 Å². The second-order valence-corrected chi connectivity index (χ2v) is 8.25. The average Bonchev–Trinajstić information content (AvgIpc) is 2.87. The molecule has 0 bridgehead atoms. The van der Waals surface area contributed by atoms with Crippen molar-refractivity contribution in [3.63, 3.8) is 0 Å². The molecule has 0 spiro atoms. The standard InChI is InChI=1S/C11H9BrINOS2/c1-14(4-9-3-8(12)6-16-9)11(15)7-2-10(13)17-5-7/h2-3,5-6H,4H2,1H3. The highest BCUT2D eigenvalue weighted by Gasteiger charge is 2.14. The Morgan fingerprint density at radius 2 is 2.18 bits per heavy atom. The summed E-state index contributed by atoms with van der Waals surface area (Å²) in [5.41, 5.74) is 0.775. The molecular formula is C11H9BrINOS2. The molecule has 17 heavy (non-hydrogen) atoms. The maximum absolute atomic E-state index is 12.1. The normalized spacial score (nSPS) is 10.5. The number of amides is 1. The van der Waals surface area contributed by atoms with Crippen LogP contribution in [-0.4, -0.2) is 17.9 Å². The summed E-state index contributed by atoms with van der Waals surface area (Å²) in [5, 5.41) is 3.94. The largest absolute Gasteiger partial charge is 0.337 e. The van der Waals surface area contributed by atoms with E-state index in [-0.39, 0.29) is 5.91 Å². The Morgan fingerprint density at radius 1 is 1.41 bits per heavy atom. The fourth-order valence-corrected chi connectivity index (χ4v) is 4.21. The van der Waals surface area contributed by atoms with E-state index in [1.807, 2.05) is 29.9 Å². The summed E-state index contributed by atoms with van der Waals surface area (Å²) in [6.45, 7) is 0.654. The van der Waals surface area contributed by atoms with Crippen molar-refractivity contribution in [2.24, 2.45) is 0 Å². The van der Waals surface area contributed by atoms with Crippen LogP contribution in [0.4, 0.5) is 0 Å². The van der Waals surface area contributed by atoms with Crippen molar-refractivity contribution in [2.75, 3.05) is 7.05 Å². The summed E-state index contributed by atoms with van der Waals surface area (Å²) in [5.74, 6) is 0.0775. The van der Waals surface area contributed by atoms with Gasteiger partial charge in [-0.25, -0.2) is 0 Å². The van der Waals surface area contributed by atoms with Gasteiger partial charge in [0.2, 0.25) is 0 Å². The lowest BCUT2D eigenvalue weighted by atomic mass is 10.3. The summed E-state index contributed by atoms with van der Waals surface area (Å²) in [6.07, 6.45) is 0. The van der Waals surface area contributed by atoms with Gasteiger partial charge in [0.15, 0.2) is 0 Å². The molecule has 0 unspecified atom stereocenters. The first-order valence-electron chi connectivity index (χ1n) is 4.78. The third-order valence-corrected chi connectivity index (χ3v) is 5.65. The molecule has 0 N–H and O–H groups in total. The lowest BCUT2D eigenvalue weighted by Gasteiger charge is -2.15. The highest BCUT2D eigenvalue weighted by molar-refractivity contribution is 14.1. The van der Waals surface area contributed by atoms with E-state index in [2.05, 4.69) is 38.5 Å². The van der Waals surface area contributed by atoms with Crippen molar-refractivity contribution in [1.29, 1.82) is 0 Å². The molecule has 0 fully saturated rings. The van der Waals surface area contributed by atoms with E-state index in [0.717, 1.165) is 12.9 Å². The van der Waals surface area contributed by atoms with Gasteiger partial charge in [-0.1, -0.05) is 0 Å². The Morgan fingerprint density at radius 3 is 2.71 bits per heavy atom. The number of rotatable bonds is 3. The number of hydrogen-bond donors (Lipinski definition) is 0. The summed E-state index contributed by atoms with van der Waals surface area (Å²) < 4.78 is 2.21. The van der Waals surface area contributed by atoms with E-state index in [0.29, 0.717) is 6.54 Å². The van der Waals surface area contributed by atoms with E-state index in [1.54, 1.807) is 27.6 Å². The second-order valence-electron chi connectivity index (χ2n) is 3.53. The predicted molar refractivity (Wildman–Crippen MR) is 84.9 cm³/mol. The van der Waals surface area contributed by atoms with Crippen LogP contribution >= 0.6 is 61.2 Å². The van der Waals surface area contributed by atoms with E-state index in [9.17, 15) is 4.79 Å². The van der Waals surface area contributed by atoms with Crippen LogP contribution in [-0.2, 0) is 6.54 Å². The van der Waals surface area contributed by atoms with Gasteiger partial charge >= 0.3 is 0 Å². The van der Waals surface area contributed by atoms with Crippen molar-refractivity contribution in [2.45, 2.75) is 6.54 Å². The van der Waals surface area contributed by atoms with Crippen molar-refractivity contribution in [3.8, 4) is 0 Å². The van der Waals surface area contributed by atoms with Gasteiger partial charge < -0.3 is 4.90 Å². The lowest BCUT2D eigenvalue weighted by Crippen LogP contribution is -2.25. The van der Waals surface area contributed by atoms with Crippen LogP contribution in [0.5, 0.6) is 0 Å². The fraction of sp³-hybridized carbons (Fsp3) is 0.182. The molecule has 0 saturated heterocycles. The van der Waals surface area contributed by atoms with E-state index < -0.39 is 0 Å². The lowest BCUT2D eigenvalue weighted by molar-refractivity contribution is 0.0787. The molecule has 2 rings (SSSR count). The molecule has 0 aliphatic carbocycles. The molecule has 0 saturated carbocycles. The van der Waals surface area contributed by atoms with Gasteiger partial charge in [0, 0.05) is 27.2 Å². The molecule has 1 amide bonds.